The molecule has 0 bridgehead atoms. The van der Waals surface area contributed by atoms with Gasteiger partial charge in [0.05, 0.1) is 5.56 Å². The molecule has 0 aromatic heterocycles. The molecular weight excluding hydrogens is 269 g/mol. The van der Waals surface area contributed by atoms with E-state index in [9.17, 15) is 9.18 Å². The molecule has 1 aliphatic heterocycles. The van der Waals surface area contributed by atoms with Crippen LogP contribution in [-0.4, -0.2) is 35.1 Å². The van der Waals surface area contributed by atoms with Crippen LogP contribution in [0.2, 0.25) is 0 Å². The molecule has 3 nitrogen and oxygen atoms in total. The highest BCUT2D eigenvalue weighted by Gasteiger charge is 2.27. The van der Waals surface area contributed by atoms with Crippen LogP contribution in [0.25, 0.3) is 0 Å². The number of rotatable bonds is 2. The summed E-state index contributed by atoms with van der Waals surface area (Å²) in [6.07, 6.45) is 4.01. The standard InChI is InChI=1S/C17H20FNO2/c1-2-15-7-3-4-10-19(15)17(21)16-12-14(18)9-8-13(16)6-5-11-20/h8-9,12,15,20H,2-4,7,10-11H2,1H3. The molecule has 4 heteroatoms. The normalized spacial score (nSPS) is 18.0. The molecule has 1 saturated heterocycles. The zero-order chi connectivity index (χ0) is 15.2. The Balaban J connectivity index is 2.35. The van der Waals surface area contributed by atoms with Crippen molar-refractivity contribution in [1.82, 2.24) is 4.90 Å². The van der Waals surface area contributed by atoms with E-state index in [1.807, 2.05) is 4.90 Å². The summed E-state index contributed by atoms with van der Waals surface area (Å²) in [6, 6.07) is 4.24. The summed E-state index contributed by atoms with van der Waals surface area (Å²) in [4.78, 5) is 14.6. The highest BCUT2D eigenvalue weighted by molar-refractivity contribution is 5.97. The van der Waals surface area contributed by atoms with E-state index >= 15 is 0 Å². The first-order valence-corrected chi connectivity index (χ1v) is 7.37. The van der Waals surface area contributed by atoms with Crippen molar-refractivity contribution in [3.05, 3.63) is 35.1 Å². The summed E-state index contributed by atoms with van der Waals surface area (Å²) < 4.78 is 13.5. The quantitative estimate of drug-likeness (QED) is 0.850. The minimum atomic E-state index is -0.446. The lowest BCUT2D eigenvalue weighted by Gasteiger charge is -2.35. The van der Waals surface area contributed by atoms with Gasteiger partial charge in [-0.15, -0.1) is 0 Å². The number of aliphatic hydroxyl groups is 1. The molecule has 2 rings (SSSR count). The number of carbonyl (C=O) groups is 1. The third-order valence-electron chi connectivity index (χ3n) is 3.87. The Hall–Kier alpha value is -1.86. The van der Waals surface area contributed by atoms with E-state index in [2.05, 4.69) is 18.8 Å². The largest absolute Gasteiger partial charge is 0.384 e. The van der Waals surface area contributed by atoms with Gasteiger partial charge in [0.2, 0.25) is 0 Å². The Labute approximate surface area is 124 Å². The van der Waals surface area contributed by atoms with Crippen LogP contribution < -0.4 is 0 Å². The molecule has 1 atom stereocenters. The zero-order valence-electron chi connectivity index (χ0n) is 12.2. The molecule has 0 radical (unpaired) electrons. The Bertz CT molecular complexity index is 574. The van der Waals surface area contributed by atoms with Crippen LogP contribution in [0.4, 0.5) is 4.39 Å². The molecule has 1 aliphatic rings. The predicted octanol–water partition coefficient (Wildman–Crippen LogP) is 2.57. The van der Waals surface area contributed by atoms with Crippen LogP contribution in [0, 0.1) is 17.7 Å². The molecule has 1 aromatic carbocycles. The van der Waals surface area contributed by atoms with Crippen molar-refractivity contribution in [3.8, 4) is 11.8 Å². The smallest absolute Gasteiger partial charge is 0.255 e. The summed E-state index contributed by atoms with van der Waals surface area (Å²) in [6.45, 7) is 2.49. The van der Waals surface area contributed by atoms with E-state index in [-0.39, 0.29) is 24.1 Å². The minimum absolute atomic E-state index is 0.164. The zero-order valence-corrected chi connectivity index (χ0v) is 12.2. The van der Waals surface area contributed by atoms with E-state index < -0.39 is 5.82 Å². The minimum Gasteiger partial charge on any atom is -0.384 e. The molecular formula is C17H20FNO2. The number of hydrogen-bond acceptors (Lipinski definition) is 2. The molecule has 1 amide bonds. The average molecular weight is 289 g/mol. The SMILES string of the molecule is CCC1CCCCN1C(=O)c1cc(F)ccc1C#CCO. The van der Waals surface area contributed by atoms with Gasteiger partial charge in [-0.1, -0.05) is 18.8 Å². The molecule has 21 heavy (non-hydrogen) atoms. The Morgan fingerprint density at radius 1 is 1.48 bits per heavy atom. The Morgan fingerprint density at radius 2 is 2.29 bits per heavy atom. The molecule has 1 unspecified atom stereocenters. The lowest BCUT2D eigenvalue weighted by molar-refractivity contribution is 0.0607. The molecule has 112 valence electrons. The monoisotopic (exact) mass is 289 g/mol. The second-order valence-corrected chi connectivity index (χ2v) is 5.21. The van der Waals surface area contributed by atoms with Crippen molar-refractivity contribution in [2.75, 3.05) is 13.2 Å². The van der Waals surface area contributed by atoms with Gasteiger partial charge in [-0.2, -0.15) is 0 Å². The first-order valence-electron chi connectivity index (χ1n) is 7.37. The van der Waals surface area contributed by atoms with Gasteiger partial charge in [0, 0.05) is 18.2 Å². The first kappa shape index (κ1) is 15.5. The Morgan fingerprint density at radius 3 is 3.00 bits per heavy atom. The Kier molecular flexibility index (Phi) is 5.35. The molecule has 1 fully saturated rings. The van der Waals surface area contributed by atoms with Crippen molar-refractivity contribution in [2.45, 2.75) is 38.6 Å². The van der Waals surface area contributed by atoms with Crippen molar-refractivity contribution in [3.63, 3.8) is 0 Å². The fraction of sp³-hybridized carbons (Fsp3) is 0.471. The van der Waals surface area contributed by atoms with Gasteiger partial charge in [0.15, 0.2) is 0 Å². The maximum absolute atomic E-state index is 13.5. The van der Waals surface area contributed by atoms with Gasteiger partial charge in [0.25, 0.3) is 5.91 Å². The van der Waals surface area contributed by atoms with E-state index in [0.717, 1.165) is 25.7 Å². The maximum atomic E-state index is 13.5. The topological polar surface area (TPSA) is 40.5 Å². The number of nitrogens with zero attached hydrogens (tertiary/aromatic N) is 1. The number of aliphatic hydroxyl groups excluding tert-OH is 1. The van der Waals surface area contributed by atoms with Gasteiger partial charge >= 0.3 is 0 Å². The van der Waals surface area contributed by atoms with E-state index in [0.29, 0.717) is 12.1 Å². The average Bonchev–Trinajstić information content (AvgIpc) is 2.53. The number of piperidine rings is 1. The lowest BCUT2D eigenvalue weighted by atomic mass is 9.97. The van der Waals surface area contributed by atoms with Crippen LogP contribution in [0.1, 0.15) is 48.5 Å². The fourth-order valence-electron chi connectivity index (χ4n) is 2.78. The van der Waals surface area contributed by atoms with Crippen molar-refractivity contribution < 1.29 is 14.3 Å². The van der Waals surface area contributed by atoms with Gasteiger partial charge in [-0.3, -0.25) is 4.79 Å². The lowest BCUT2D eigenvalue weighted by Crippen LogP contribution is -2.43. The number of benzene rings is 1. The number of halogens is 1. The van der Waals surface area contributed by atoms with Crippen molar-refractivity contribution >= 4 is 5.91 Å². The van der Waals surface area contributed by atoms with Crippen molar-refractivity contribution in [2.24, 2.45) is 0 Å². The maximum Gasteiger partial charge on any atom is 0.255 e. The summed E-state index contributed by atoms with van der Waals surface area (Å²) >= 11 is 0. The summed E-state index contributed by atoms with van der Waals surface area (Å²) in [7, 11) is 0. The van der Waals surface area contributed by atoms with Crippen LogP contribution in [0.15, 0.2) is 18.2 Å². The molecule has 1 N–H and O–H groups in total. The number of hydrogen-bond donors (Lipinski definition) is 1. The van der Waals surface area contributed by atoms with Crippen LogP contribution in [-0.2, 0) is 0 Å². The van der Waals surface area contributed by atoms with Crippen LogP contribution >= 0.6 is 0 Å². The first-order chi connectivity index (χ1) is 10.2. The molecule has 0 saturated carbocycles. The van der Waals surface area contributed by atoms with Crippen LogP contribution in [0.3, 0.4) is 0 Å². The molecule has 1 heterocycles. The van der Waals surface area contributed by atoms with Gasteiger partial charge in [-0.25, -0.2) is 4.39 Å². The van der Waals surface area contributed by atoms with E-state index in [1.54, 1.807) is 0 Å². The summed E-state index contributed by atoms with van der Waals surface area (Å²) in [5.74, 6) is 4.64. The van der Waals surface area contributed by atoms with Crippen LogP contribution in [0.5, 0.6) is 0 Å². The second-order valence-electron chi connectivity index (χ2n) is 5.21. The van der Waals surface area contributed by atoms with E-state index in [1.165, 1.54) is 18.2 Å². The van der Waals surface area contributed by atoms with Crippen molar-refractivity contribution in [1.29, 1.82) is 0 Å². The summed E-state index contributed by atoms with van der Waals surface area (Å²) in [5.41, 5.74) is 0.757. The third-order valence-corrected chi connectivity index (χ3v) is 3.87. The fourth-order valence-corrected chi connectivity index (χ4v) is 2.78. The van der Waals surface area contributed by atoms with Gasteiger partial charge in [-0.05, 0) is 43.9 Å². The number of amides is 1. The second kappa shape index (κ2) is 7.24. The molecule has 0 aliphatic carbocycles. The molecule has 1 aromatic rings. The van der Waals surface area contributed by atoms with Gasteiger partial charge < -0.3 is 10.0 Å². The van der Waals surface area contributed by atoms with E-state index in [4.69, 9.17) is 5.11 Å². The summed E-state index contributed by atoms with van der Waals surface area (Å²) in [5, 5.41) is 8.80. The van der Waals surface area contributed by atoms with Gasteiger partial charge in [0.1, 0.15) is 12.4 Å². The number of carbonyl (C=O) groups excluding carboxylic acids is 1. The highest BCUT2D eigenvalue weighted by Crippen LogP contribution is 2.23. The molecule has 0 spiro atoms. The predicted molar refractivity (Wildman–Crippen MR) is 79.3 cm³/mol. The highest BCUT2D eigenvalue weighted by atomic mass is 19.1. The number of likely N-dealkylation sites (tertiary alicyclic amines) is 1. The third kappa shape index (κ3) is 3.62.